The zero-order valence-electron chi connectivity index (χ0n) is 17.8. The highest BCUT2D eigenvalue weighted by atomic mass is 28.4. The molecule has 0 radical (unpaired) electrons. The first kappa shape index (κ1) is 23.9. The van der Waals surface area contributed by atoms with Gasteiger partial charge in [-0.2, -0.15) is 0 Å². The summed E-state index contributed by atoms with van der Waals surface area (Å²) in [6, 6.07) is 0. The number of hydrogen-bond donors (Lipinski definition) is 1. The lowest BCUT2D eigenvalue weighted by atomic mass is 9.89. The summed E-state index contributed by atoms with van der Waals surface area (Å²) in [5.74, 6) is 1.21. The van der Waals surface area contributed by atoms with Crippen molar-refractivity contribution >= 4 is 8.32 Å². The van der Waals surface area contributed by atoms with E-state index < -0.39 is 8.32 Å². The SMILES string of the molecule is C=C[C@H](C)[C@H](O)C[C@@H](C)C[C@@H](C)CO[Si](C(C)C)(C(C)C)C(C)C. The van der Waals surface area contributed by atoms with Crippen molar-refractivity contribution in [1.82, 2.24) is 0 Å². The molecule has 0 saturated carbocycles. The average Bonchev–Trinajstić information content (AvgIpc) is 2.45. The third kappa shape index (κ3) is 6.65. The highest BCUT2D eigenvalue weighted by Gasteiger charge is 2.45. The van der Waals surface area contributed by atoms with E-state index in [0.717, 1.165) is 19.4 Å². The van der Waals surface area contributed by atoms with Crippen LogP contribution < -0.4 is 0 Å². The van der Waals surface area contributed by atoms with E-state index in [0.29, 0.717) is 28.5 Å². The van der Waals surface area contributed by atoms with E-state index in [-0.39, 0.29) is 12.0 Å². The average molecular weight is 357 g/mol. The van der Waals surface area contributed by atoms with Crippen LogP contribution in [0.15, 0.2) is 12.7 Å². The van der Waals surface area contributed by atoms with Crippen molar-refractivity contribution < 1.29 is 9.53 Å². The van der Waals surface area contributed by atoms with Crippen molar-refractivity contribution in [2.45, 2.75) is 97.9 Å². The Kier molecular flexibility index (Phi) is 10.7. The molecule has 0 unspecified atom stereocenters. The van der Waals surface area contributed by atoms with Gasteiger partial charge in [0.15, 0.2) is 8.32 Å². The van der Waals surface area contributed by atoms with E-state index in [9.17, 15) is 5.11 Å². The van der Waals surface area contributed by atoms with Gasteiger partial charge in [0.2, 0.25) is 0 Å². The number of hydrogen-bond acceptors (Lipinski definition) is 2. The van der Waals surface area contributed by atoms with Crippen molar-refractivity contribution in [3.63, 3.8) is 0 Å². The van der Waals surface area contributed by atoms with Gasteiger partial charge in [-0.15, -0.1) is 6.58 Å². The van der Waals surface area contributed by atoms with Crippen molar-refractivity contribution in [2.24, 2.45) is 17.8 Å². The minimum Gasteiger partial charge on any atom is -0.416 e. The minimum absolute atomic E-state index is 0.168. The topological polar surface area (TPSA) is 29.5 Å². The molecule has 0 aliphatic rings. The Bertz CT molecular complexity index is 330. The molecule has 24 heavy (non-hydrogen) atoms. The van der Waals surface area contributed by atoms with Crippen LogP contribution in [0.25, 0.3) is 0 Å². The summed E-state index contributed by atoms with van der Waals surface area (Å²) in [6.07, 6.45) is 3.52. The van der Waals surface area contributed by atoms with Crippen LogP contribution in [0.5, 0.6) is 0 Å². The molecule has 0 heterocycles. The quantitative estimate of drug-likeness (QED) is 0.323. The Balaban J connectivity index is 4.64. The molecular weight excluding hydrogens is 312 g/mol. The maximum Gasteiger partial charge on any atom is 0.200 e. The van der Waals surface area contributed by atoms with Crippen molar-refractivity contribution in [2.75, 3.05) is 6.61 Å². The van der Waals surface area contributed by atoms with Crippen molar-refractivity contribution in [1.29, 1.82) is 0 Å². The second-order valence-corrected chi connectivity index (χ2v) is 14.4. The van der Waals surface area contributed by atoms with Gasteiger partial charge in [0.05, 0.1) is 6.10 Å². The smallest absolute Gasteiger partial charge is 0.200 e. The van der Waals surface area contributed by atoms with Gasteiger partial charge < -0.3 is 9.53 Å². The molecule has 0 aromatic carbocycles. The first-order valence-corrected chi connectivity index (χ1v) is 12.1. The van der Waals surface area contributed by atoms with Crippen LogP contribution >= 0.6 is 0 Å². The summed E-state index contributed by atoms with van der Waals surface area (Å²) in [5.41, 5.74) is 1.91. The van der Waals surface area contributed by atoms with Crippen LogP contribution in [-0.4, -0.2) is 26.1 Å². The standard InChI is InChI=1S/C21H44O2Si/c1-11-20(10)21(22)13-18(8)12-19(9)14-23-24(15(2)3,16(4)5)17(6)7/h11,15-22H,1,12-14H2,2-10H3/t18-,19+,20-,21+/m0/s1. The lowest BCUT2D eigenvalue weighted by Crippen LogP contribution is -2.48. The zero-order chi connectivity index (χ0) is 19.1. The Morgan fingerprint density at radius 3 is 1.67 bits per heavy atom. The minimum atomic E-state index is -1.76. The third-order valence-electron chi connectivity index (χ3n) is 5.75. The molecule has 1 N–H and O–H groups in total. The first-order chi connectivity index (χ1) is 11.0. The molecule has 0 bridgehead atoms. The van der Waals surface area contributed by atoms with E-state index in [4.69, 9.17) is 4.43 Å². The normalized spacial score (nSPS) is 18.0. The summed E-state index contributed by atoms with van der Waals surface area (Å²) in [4.78, 5) is 0. The Morgan fingerprint density at radius 1 is 0.833 bits per heavy atom. The molecule has 0 aliphatic carbocycles. The molecule has 0 amide bonds. The maximum absolute atomic E-state index is 10.2. The van der Waals surface area contributed by atoms with Gasteiger partial charge >= 0.3 is 0 Å². The molecule has 0 saturated heterocycles. The fourth-order valence-corrected chi connectivity index (χ4v) is 9.99. The number of aliphatic hydroxyl groups is 1. The predicted molar refractivity (Wildman–Crippen MR) is 110 cm³/mol. The molecule has 0 aromatic heterocycles. The summed E-state index contributed by atoms with van der Waals surface area (Å²) >= 11 is 0. The van der Waals surface area contributed by atoms with Gasteiger partial charge in [-0.05, 0) is 47.2 Å². The molecule has 0 aliphatic heterocycles. The van der Waals surface area contributed by atoms with Gasteiger partial charge in [0.25, 0.3) is 0 Å². The maximum atomic E-state index is 10.2. The first-order valence-electron chi connectivity index (χ1n) is 9.93. The van der Waals surface area contributed by atoms with Crippen LogP contribution in [0.2, 0.25) is 16.6 Å². The molecule has 4 atom stereocenters. The summed E-state index contributed by atoms with van der Waals surface area (Å²) in [5, 5.41) is 10.2. The molecule has 0 rings (SSSR count). The molecule has 0 fully saturated rings. The summed E-state index contributed by atoms with van der Waals surface area (Å²) in [7, 11) is -1.76. The molecule has 0 aromatic rings. The monoisotopic (exact) mass is 356 g/mol. The van der Waals surface area contributed by atoms with Gasteiger partial charge in [0.1, 0.15) is 0 Å². The molecule has 2 nitrogen and oxygen atoms in total. The fourth-order valence-electron chi connectivity index (χ4n) is 4.42. The predicted octanol–water partition coefficient (Wildman–Crippen LogP) is 6.41. The molecular formula is C21H44O2Si. The lowest BCUT2D eigenvalue weighted by Gasteiger charge is -2.43. The van der Waals surface area contributed by atoms with Crippen LogP contribution in [0.1, 0.15) is 75.2 Å². The zero-order valence-corrected chi connectivity index (χ0v) is 18.8. The molecule has 144 valence electrons. The van der Waals surface area contributed by atoms with Crippen LogP contribution in [0.4, 0.5) is 0 Å². The third-order valence-corrected chi connectivity index (χ3v) is 11.8. The number of aliphatic hydroxyl groups excluding tert-OH is 1. The van der Waals surface area contributed by atoms with E-state index >= 15 is 0 Å². The van der Waals surface area contributed by atoms with E-state index in [1.165, 1.54) is 0 Å². The van der Waals surface area contributed by atoms with E-state index in [1.807, 2.05) is 13.0 Å². The van der Waals surface area contributed by atoms with Gasteiger partial charge in [-0.1, -0.05) is 68.4 Å². The lowest BCUT2D eigenvalue weighted by molar-refractivity contribution is 0.103. The second-order valence-electron chi connectivity index (χ2n) is 8.97. The highest BCUT2D eigenvalue weighted by Crippen LogP contribution is 2.42. The van der Waals surface area contributed by atoms with E-state index in [1.54, 1.807) is 0 Å². The molecule has 3 heteroatoms. The highest BCUT2D eigenvalue weighted by molar-refractivity contribution is 6.77. The molecule has 0 spiro atoms. The van der Waals surface area contributed by atoms with E-state index in [2.05, 4.69) is 62.0 Å². The van der Waals surface area contributed by atoms with Crippen LogP contribution in [0.3, 0.4) is 0 Å². The largest absolute Gasteiger partial charge is 0.416 e. The Morgan fingerprint density at radius 2 is 1.29 bits per heavy atom. The second kappa shape index (κ2) is 10.8. The van der Waals surface area contributed by atoms with Crippen molar-refractivity contribution in [3.8, 4) is 0 Å². The van der Waals surface area contributed by atoms with Crippen LogP contribution in [-0.2, 0) is 4.43 Å². The van der Waals surface area contributed by atoms with Gasteiger partial charge in [0, 0.05) is 6.61 Å². The summed E-state index contributed by atoms with van der Waals surface area (Å²) in [6.45, 7) is 25.2. The van der Waals surface area contributed by atoms with Gasteiger partial charge in [-0.25, -0.2) is 0 Å². The summed E-state index contributed by atoms with van der Waals surface area (Å²) < 4.78 is 6.71. The Hall–Kier alpha value is -0.123. The number of rotatable bonds is 12. The van der Waals surface area contributed by atoms with Gasteiger partial charge in [-0.3, -0.25) is 0 Å². The van der Waals surface area contributed by atoms with Crippen molar-refractivity contribution in [3.05, 3.63) is 12.7 Å². The fraction of sp³-hybridized carbons (Fsp3) is 0.905. The van der Waals surface area contributed by atoms with Crippen LogP contribution in [0, 0.1) is 17.8 Å². The Labute approximate surface area is 153 Å².